The molecular weight excluding hydrogens is 337 g/mol. The number of alkyl halides is 1. The van der Waals surface area contributed by atoms with Gasteiger partial charge in [0, 0.05) is 26.1 Å². The Bertz CT molecular complexity index is 653. The molecule has 3 rings (SSSR count). The maximum absolute atomic E-state index is 14.3. The Hall–Kier alpha value is -1.56. The van der Waals surface area contributed by atoms with Gasteiger partial charge in [-0.15, -0.1) is 0 Å². The number of likely N-dealkylation sites (tertiary alicyclic amines) is 1. The van der Waals surface area contributed by atoms with Gasteiger partial charge in [0.1, 0.15) is 17.2 Å². The monoisotopic (exact) mass is 361 g/mol. The highest BCUT2D eigenvalue weighted by molar-refractivity contribution is 7.92. The van der Waals surface area contributed by atoms with E-state index in [-0.39, 0.29) is 11.0 Å². The van der Waals surface area contributed by atoms with Crippen LogP contribution >= 0.6 is 0 Å². The summed E-state index contributed by atoms with van der Waals surface area (Å²) >= 11 is -1.11. The number of phenolic OH excluding ortho intramolecular Hbond substituents is 1. The van der Waals surface area contributed by atoms with Crippen LogP contribution in [0.15, 0.2) is 59.5 Å². The molecule has 5 heteroatoms. The molecule has 1 N–H and O–H groups in total. The van der Waals surface area contributed by atoms with Gasteiger partial charge in [-0.3, -0.25) is 4.90 Å². The van der Waals surface area contributed by atoms with Crippen molar-refractivity contribution in [1.29, 1.82) is 0 Å². The van der Waals surface area contributed by atoms with E-state index in [1.54, 1.807) is 24.3 Å². The first-order valence-corrected chi connectivity index (χ1v) is 9.93. The zero-order chi connectivity index (χ0) is 17.6. The third kappa shape index (κ3) is 5.21. The summed E-state index contributed by atoms with van der Waals surface area (Å²) in [6.07, 6.45) is 1.23. The second-order valence-electron chi connectivity index (χ2n) is 6.58. The van der Waals surface area contributed by atoms with Crippen LogP contribution < -0.4 is 0 Å². The van der Waals surface area contributed by atoms with Crippen molar-refractivity contribution in [2.75, 3.05) is 19.6 Å². The summed E-state index contributed by atoms with van der Waals surface area (Å²) in [6, 6.07) is 16.5. The standard InChI is InChI=1S/C20H24FNO2S/c21-17(7-6-16-4-2-1-3-5-16)14-22-13-12-20(15-22)25(24)19-10-8-18(23)9-11-19/h1-5,8-11,17,20,23H,6-7,12-15H2. The third-order valence-electron chi connectivity index (χ3n) is 4.65. The van der Waals surface area contributed by atoms with E-state index in [2.05, 4.69) is 4.90 Å². The summed E-state index contributed by atoms with van der Waals surface area (Å²) in [6.45, 7) is 1.87. The van der Waals surface area contributed by atoms with E-state index in [4.69, 9.17) is 0 Å². The molecule has 0 bridgehead atoms. The van der Waals surface area contributed by atoms with Gasteiger partial charge < -0.3 is 9.66 Å². The largest absolute Gasteiger partial charge is 0.611 e. The molecular formula is C20H24FNO2S. The van der Waals surface area contributed by atoms with Gasteiger partial charge in [0.25, 0.3) is 0 Å². The van der Waals surface area contributed by atoms with Gasteiger partial charge in [-0.1, -0.05) is 30.3 Å². The van der Waals surface area contributed by atoms with E-state index in [0.717, 1.165) is 29.8 Å². The number of phenols is 1. The fourth-order valence-electron chi connectivity index (χ4n) is 3.25. The highest BCUT2D eigenvalue weighted by atomic mass is 32.2. The highest BCUT2D eigenvalue weighted by Crippen LogP contribution is 2.25. The average Bonchev–Trinajstić information content (AvgIpc) is 3.09. The van der Waals surface area contributed by atoms with E-state index in [9.17, 15) is 14.0 Å². The highest BCUT2D eigenvalue weighted by Gasteiger charge is 2.33. The van der Waals surface area contributed by atoms with Crippen molar-refractivity contribution in [3.8, 4) is 5.75 Å². The first-order chi connectivity index (χ1) is 12.1. The van der Waals surface area contributed by atoms with E-state index in [1.807, 2.05) is 30.3 Å². The van der Waals surface area contributed by atoms with Gasteiger partial charge in [-0.2, -0.15) is 0 Å². The molecule has 0 aliphatic carbocycles. The van der Waals surface area contributed by atoms with Gasteiger partial charge in [0.15, 0.2) is 4.90 Å². The summed E-state index contributed by atoms with van der Waals surface area (Å²) in [7, 11) is 0. The molecule has 1 fully saturated rings. The van der Waals surface area contributed by atoms with Crippen LogP contribution in [0.2, 0.25) is 0 Å². The fourth-order valence-corrected chi connectivity index (χ4v) is 4.70. The first-order valence-electron chi connectivity index (χ1n) is 8.72. The number of aryl methyl sites for hydroxylation is 1. The molecule has 3 unspecified atom stereocenters. The molecule has 3 nitrogen and oxygen atoms in total. The Morgan fingerprint density at radius 3 is 2.60 bits per heavy atom. The predicted octanol–water partition coefficient (Wildman–Crippen LogP) is 3.55. The van der Waals surface area contributed by atoms with Crippen molar-refractivity contribution < 1.29 is 14.0 Å². The van der Waals surface area contributed by atoms with Gasteiger partial charge in [-0.05, 0) is 53.8 Å². The number of hydrogen-bond acceptors (Lipinski definition) is 3. The molecule has 3 atom stereocenters. The Morgan fingerprint density at radius 2 is 1.88 bits per heavy atom. The number of nitrogens with zero attached hydrogens (tertiary/aromatic N) is 1. The minimum Gasteiger partial charge on any atom is -0.611 e. The lowest BCUT2D eigenvalue weighted by molar-refractivity contribution is 0.211. The van der Waals surface area contributed by atoms with Crippen LogP contribution in [0.25, 0.3) is 0 Å². The Morgan fingerprint density at radius 1 is 1.16 bits per heavy atom. The zero-order valence-corrected chi connectivity index (χ0v) is 15.0. The van der Waals surface area contributed by atoms with E-state index < -0.39 is 17.3 Å². The number of benzene rings is 2. The van der Waals surface area contributed by atoms with Crippen LogP contribution in [0.1, 0.15) is 18.4 Å². The van der Waals surface area contributed by atoms with Crippen molar-refractivity contribution in [3.05, 3.63) is 60.2 Å². The van der Waals surface area contributed by atoms with E-state index in [0.29, 0.717) is 19.5 Å². The Balaban J connectivity index is 1.45. The Labute approximate surface area is 151 Å². The van der Waals surface area contributed by atoms with Gasteiger partial charge in [-0.25, -0.2) is 4.39 Å². The fraction of sp³-hybridized carbons (Fsp3) is 0.400. The molecule has 1 heterocycles. The van der Waals surface area contributed by atoms with Crippen molar-refractivity contribution in [2.24, 2.45) is 0 Å². The van der Waals surface area contributed by atoms with Crippen LogP contribution in [-0.4, -0.2) is 45.6 Å². The summed E-state index contributed by atoms with van der Waals surface area (Å²) < 4.78 is 26.9. The topological polar surface area (TPSA) is 46.5 Å². The SMILES string of the molecule is [O-][S+](c1ccc(O)cc1)C1CCN(CC(F)CCc2ccccc2)C1. The average molecular weight is 361 g/mol. The summed E-state index contributed by atoms with van der Waals surface area (Å²) in [5.74, 6) is 0.174. The number of aromatic hydroxyl groups is 1. The summed E-state index contributed by atoms with van der Waals surface area (Å²) in [5.41, 5.74) is 1.16. The van der Waals surface area contributed by atoms with Crippen LogP contribution in [0, 0.1) is 0 Å². The van der Waals surface area contributed by atoms with Crippen molar-refractivity contribution in [1.82, 2.24) is 4.90 Å². The molecule has 134 valence electrons. The van der Waals surface area contributed by atoms with Gasteiger partial charge >= 0.3 is 0 Å². The van der Waals surface area contributed by atoms with E-state index >= 15 is 0 Å². The van der Waals surface area contributed by atoms with Crippen LogP contribution in [-0.2, 0) is 17.6 Å². The van der Waals surface area contributed by atoms with Crippen molar-refractivity contribution in [3.63, 3.8) is 0 Å². The molecule has 1 aliphatic heterocycles. The van der Waals surface area contributed by atoms with Crippen LogP contribution in [0.5, 0.6) is 5.75 Å². The molecule has 0 spiro atoms. The van der Waals surface area contributed by atoms with Crippen LogP contribution in [0.3, 0.4) is 0 Å². The van der Waals surface area contributed by atoms with Crippen molar-refractivity contribution >= 4 is 11.2 Å². The molecule has 25 heavy (non-hydrogen) atoms. The van der Waals surface area contributed by atoms with Crippen molar-refractivity contribution in [2.45, 2.75) is 35.6 Å². The normalized spacial score (nSPS) is 20.5. The molecule has 1 aliphatic rings. The molecule has 1 saturated heterocycles. The molecule has 0 aromatic heterocycles. The number of halogens is 1. The lowest BCUT2D eigenvalue weighted by Crippen LogP contribution is -2.31. The zero-order valence-electron chi connectivity index (χ0n) is 14.2. The second kappa shape index (κ2) is 8.70. The molecule has 0 saturated carbocycles. The number of hydrogen-bond donors (Lipinski definition) is 1. The predicted molar refractivity (Wildman–Crippen MR) is 99.0 cm³/mol. The van der Waals surface area contributed by atoms with Crippen LogP contribution in [0.4, 0.5) is 4.39 Å². The maximum atomic E-state index is 14.3. The first kappa shape index (κ1) is 18.2. The van der Waals surface area contributed by atoms with Gasteiger partial charge in [0.05, 0.1) is 0 Å². The lowest BCUT2D eigenvalue weighted by atomic mass is 10.1. The second-order valence-corrected chi connectivity index (χ2v) is 8.32. The smallest absolute Gasteiger partial charge is 0.153 e. The quantitative estimate of drug-likeness (QED) is 0.767. The lowest BCUT2D eigenvalue weighted by Gasteiger charge is -2.20. The molecule has 0 amide bonds. The summed E-state index contributed by atoms with van der Waals surface area (Å²) in [4.78, 5) is 2.81. The Kier molecular flexibility index (Phi) is 6.34. The minimum absolute atomic E-state index is 0.0332. The number of rotatable bonds is 7. The van der Waals surface area contributed by atoms with E-state index in [1.165, 1.54) is 0 Å². The minimum atomic E-state index is -1.11. The third-order valence-corrected chi connectivity index (χ3v) is 6.37. The maximum Gasteiger partial charge on any atom is 0.153 e. The molecule has 0 radical (unpaired) electrons. The summed E-state index contributed by atoms with van der Waals surface area (Å²) in [5, 5.41) is 9.36. The molecule has 2 aromatic carbocycles. The molecule has 2 aromatic rings. The van der Waals surface area contributed by atoms with Gasteiger partial charge in [0.2, 0.25) is 0 Å².